The van der Waals surface area contributed by atoms with E-state index in [0.717, 1.165) is 19.3 Å². The highest BCUT2D eigenvalue weighted by Gasteiger charge is 2.67. The Morgan fingerprint density at radius 1 is 0.969 bits per heavy atom. The second-order valence-corrected chi connectivity index (χ2v) is 9.68. The van der Waals surface area contributed by atoms with Gasteiger partial charge in [-0.15, -0.1) is 0 Å². The zero-order valence-corrected chi connectivity index (χ0v) is 18.0. The molecule has 1 aromatic rings. The standard InChI is InChI=1S/C19H25F4NO7S/c20-18(21,10-11-30-17(27)12-6-2-1-3-7-12)19(22,23)32(28,29)31-24-15(25)13-8-4-5-9-14(13)16(24)26/h12,25-26H,1-11H2. The fraction of sp³-hybridized carbons (Fsp3) is 0.737. The molecule has 2 aliphatic carbocycles. The molecule has 13 heteroatoms. The smallest absolute Gasteiger partial charge is 0.444 e. The molecule has 1 heterocycles. The molecule has 1 aromatic heterocycles. The molecule has 0 saturated heterocycles. The van der Waals surface area contributed by atoms with Crippen molar-refractivity contribution in [3.63, 3.8) is 0 Å². The van der Waals surface area contributed by atoms with Crippen molar-refractivity contribution in [2.75, 3.05) is 6.61 Å². The molecule has 3 rings (SSSR count). The van der Waals surface area contributed by atoms with Crippen LogP contribution in [0, 0.1) is 5.92 Å². The Balaban J connectivity index is 1.69. The average molecular weight is 487 g/mol. The Labute approximate surface area is 182 Å². The van der Waals surface area contributed by atoms with E-state index in [1.165, 1.54) is 0 Å². The number of fused-ring (bicyclic) bond motifs is 1. The summed E-state index contributed by atoms with van der Waals surface area (Å²) in [6, 6.07) is 0. The van der Waals surface area contributed by atoms with E-state index >= 15 is 0 Å². The van der Waals surface area contributed by atoms with E-state index in [1.807, 2.05) is 0 Å². The third-order valence-corrected chi connectivity index (χ3v) is 7.18. The average Bonchev–Trinajstić information content (AvgIpc) is 2.98. The van der Waals surface area contributed by atoms with Gasteiger partial charge in [0.2, 0.25) is 11.8 Å². The zero-order valence-electron chi connectivity index (χ0n) is 17.2. The van der Waals surface area contributed by atoms with Gasteiger partial charge >= 0.3 is 27.3 Å². The van der Waals surface area contributed by atoms with E-state index in [2.05, 4.69) is 9.02 Å². The van der Waals surface area contributed by atoms with E-state index in [1.54, 1.807) is 0 Å². The van der Waals surface area contributed by atoms with Gasteiger partial charge in [0.1, 0.15) is 0 Å². The van der Waals surface area contributed by atoms with E-state index in [0.29, 0.717) is 25.7 Å². The lowest BCUT2D eigenvalue weighted by molar-refractivity contribution is -0.177. The first-order chi connectivity index (χ1) is 14.9. The molecule has 2 aliphatic rings. The van der Waals surface area contributed by atoms with Gasteiger partial charge in [0.15, 0.2) is 0 Å². The van der Waals surface area contributed by atoms with Gasteiger partial charge in [-0.05, 0) is 38.5 Å². The Morgan fingerprint density at radius 2 is 1.50 bits per heavy atom. The van der Waals surface area contributed by atoms with Crippen LogP contribution in [0.2, 0.25) is 0 Å². The van der Waals surface area contributed by atoms with Gasteiger partial charge in [-0.2, -0.15) is 26.0 Å². The van der Waals surface area contributed by atoms with Crippen LogP contribution in [0.25, 0.3) is 0 Å². The minimum absolute atomic E-state index is 0.105. The molecule has 0 aromatic carbocycles. The van der Waals surface area contributed by atoms with Crippen LogP contribution in [0.3, 0.4) is 0 Å². The van der Waals surface area contributed by atoms with Crippen LogP contribution in [-0.2, 0) is 32.5 Å². The summed E-state index contributed by atoms with van der Waals surface area (Å²) < 4.78 is 89.6. The Hall–Kier alpha value is -2.18. The van der Waals surface area contributed by atoms with Gasteiger partial charge in [-0.25, -0.2) is 0 Å². The zero-order chi connectivity index (χ0) is 23.7. The number of esters is 1. The molecule has 0 aliphatic heterocycles. The topological polar surface area (TPSA) is 115 Å². The molecule has 0 amide bonds. The largest absolute Gasteiger partial charge is 0.492 e. The fourth-order valence-electron chi connectivity index (χ4n) is 4.02. The summed E-state index contributed by atoms with van der Waals surface area (Å²) in [6.07, 6.45) is 3.37. The highest BCUT2D eigenvalue weighted by molar-refractivity contribution is 7.88. The third-order valence-electron chi connectivity index (χ3n) is 5.90. The van der Waals surface area contributed by atoms with Gasteiger partial charge in [-0.3, -0.25) is 9.08 Å². The molecule has 0 atom stereocenters. The number of rotatable bonds is 8. The second-order valence-electron chi connectivity index (χ2n) is 8.11. The molecular weight excluding hydrogens is 462 g/mol. The molecule has 0 unspecified atom stereocenters. The summed E-state index contributed by atoms with van der Waals surface area (Å²) in [5.41, 5.74) is 0.210. The molecule has 182 valence electrons. The number of halogens is 4. The number of hydrogen-bond donors (Lipinski definition) is 2. The first kappa shape index (κ1) is 24.5. The van der Waals surface area contributed by atoms with Gasteiger partial charge in [0.05, 0.1) is 18.9 Å². The predicted octanol–water partition coefficient (Wildman–Crippen LogP) is 3.28. The van der Waals surface area contributed by atoms with Crippen LogP contribution >= 0.6 is 0 Å². The van der Waals surface area contributed by atoms with Crippen molar-refractivity contribution in [1.82, 2.24) is 4.73 Å². The van der Waals surface area contributed by atoms with Crippen LogP contribution in [0.5, 0.6) is 11.8 Å². The number of ether oxygens (including phenoxy) is 1. The van der Waals surface area contributed by atoms with Crippen LogP contribution < -0.4 is 4.28 Å². The fourth-order valence-corrected chi connectivity index (χ4v) is 4.92. The molecule has 0 spiro atoms. The molecule has 0 bridgehead atoms. The minimum atomic E-state index is -6.37. The monoisotopic (exact) mass is 487 g/mol. The van der Waals surface area contributed by atoms with E-state index in [-0.39, 0.29) is 28.7 Å². The summed E-state index contributed by atoms with van der Waals surface area (Å²) in [5.74, 6) is -8.31. The van der Waals surface area contributed by atoms with Gasteiger partial charge in [0, 0.05) is 11.1 Å². The van der Waals surface area contributed by atoms with Crippen molar-refractivity contribution in [2.45, 2.75) is 75.4 Å². The van der Waals surface area contributed by atoms with Crippen LogP contribution in [0.15, 0.2) is 0 Å². The van der Waals surface area contributed by atoms with Crippen molar-refractivity contribution < 1.29 is 50.0 Å². The summed E-state index contributed by atoms with van der Waals surface area (Å²) in [7, 11) is -6.37. The lowest BCUT2D eigenvalue weighted by atomic mass is 9.89. The molecular formula is C19H25F4NO7S. The van der Waals surface area contributed by atoms with Crippen molar-refractivity contribution in [1.29, 1.82) is 0 Å². The van der Waals surface area contributed by atoms with E-state index < -0.39 is 58.0 Å². The van der Waals surface area contributed by atoms with Crippen molar-refractivity contribution >= 4 is 16.1 Å². The van der Waals surface area contributed by atoms with Crippen molar-refractivity contribution in [3.05, 3.63) is 11.1 Å². The summed E-state index contributed by atoms with van der Waals surface area (Å²) in [4.78, 5) is 11.9. The van der Waals surface area contributed by atoms with Crippen molar-refractivity contribution in [2.24, 2.45) is 5.92 Å². The maximum Gasteiger partial charge on any atom is 0.444 e. The van der Waals surface area contributed by atoms with E-state index in [4.69, 9.17) is 0 Å². The Bertz CT molecular complexity index is 926. The van der Waals surface area contributed by atoms with Crippen molar-refractivity contribution in [3.8, 4) is 11.8 Å². The second kappa shape index (κ2) is 8.99. The lowest BCUT2D eigenvalue weighted by Crippen LogP contribution is -2.50. The number of aromatic nitrogens is 1. The lowest BCUT2D eigenvalue weighted by Gasteiger charge is -2.26. The van der Waals surface area contributed by atoms with Crippen LogP contribution in [-0.4, -0.2) is 47.1 Å². The maximum atomic E-state index is 14.3. The molecule has 32 heavy (non-hydrogen) atoms. The number of alkyl halides is 4. The summed E-state index contributed by atoms with van der Waals surface area (Å²) >= 11 is 0. The number of carbonyl (C=O) groups excluding carboxylic acids is 1. The number of nitrogens with zero attached hydrogens (tertiary/aromatic N) is 1. The number of hydrogen-bond acceptors (Lipinski definition) is 7. The van der Waals surface area contributed by atoms with Gasteiger partial charge in [0.25, 0.3) is 0 Å². The normalized spacial score (nSPS) is 18.2. The van der Waals surface area contributed by atoms with Gasteiger partial charge in [-0.1, -0.05) is 24.0 Å². The predicted molar refractivity (Wildman–Crippen MR) is 102 cm³/mol. The maximum absolute atomic E-state index is 14.3. The number of aromatic hydroxyl groups is 2. The molecule has 2 N–H and O–H groups in total. The summed E-state index contributed by atoms with van der Waals surface area (Å²) in [5, 5.41) is 14.3. The highest BCUT2D eigenvalue weighted by Crippen LogP contribution is 2.43. The number of carbonyl (C=O) groups is 1. The quantitative estimate of drug-likeness (QED) is 0.427. The first-order valence-electron chi connectivity index (χ1n) is 10.4. The Morgan fingerprint density at radius 3 is 2.03 bits per heavy atom. The SMILES string of the molecule is O=C(OCCC(F)(F)C(F)(F)S(=O)(=O)On1c(O)c2c(c1O)CCCC2)C1CCCCC1. The van der Waals surface area contributed by atoms with Crippen LogP contribution in [0.4, 0.5) is 17.6 Å². The third kappa shape index (κ3) is 4.48. The van der Waals surface area contributed by atoms with E-state index in [9.17, 15) is 41.0 Å². The van der Waals surface area contributed by atoms with Crippen LogP contribution in [0.1, 0.15) is 62.5 Å². The molecule has 0 radical (unpaired) electrons. The first-order valence-corrected chi connectivity index (χ1v) is 11.8. The Kier molecular flexibility index (Phi) is 6.87. The molecule has 1 fully saturated rings. The molecule has 1 saturated carbocycles. The molecule has 8 nitrogen and oxygen atoms in total. The highest BCUT2D eigenvalue weighted by atomic mass is 32.2. The van der Waals surface area contributed by atoms with Gasteiger partial charge < -0.3 is 14.9 Å². The summed E-state index contributed by atoms with van der Waals surface area (Å²) in [6.45, 7) is -1.11. The minimum Gasteiger partial charge on any atom is -0.492 e.